The predicted octanol–water partition coefficient (Wildman–Crippen LogP) is 6.09. The number of nitrogens with one attached hydrogen (secondary N) is 1. The molecule has 7 nitrogen and oxygen atoms in total. The lowest BCUT2D eigenvalue weighted by Crippen LogP contribution is -2.51. The first-order valence-corrected chi connectivity index (χ1v) is 14.9. The number of amides is 2. The van der Waals surface area contributed by atoms with Gasteiger partial charge in [-0.05, 0) is 74.4 Å². The topological polar surface area (TPSA) is 86.8 Å². The number of rotatable bonds is 11. The zero-order valence-corrected chi connectivity index (χ0v) is 24.9. The SMILES string of the molecule is CCCNC(=O)C(C)N(Cc1ccc(Cl)c(Cl)c1)C(=O)CN(c1ccc(C)cc1)S(=O)(=O)c1ccc(Cl)cc1. The Balaban J connectivity index is 2.02. The lowest BCUT2D eigenvalue weighted by molar-refractivity contribution is -0.139. The highest BCUT2D eigenvalue weighted by molar-refractivity contribution is 7.92. The maximum absolute atomic E-state index is 13.9. The van der Waals surface area contributed by atoms with E-state index in [4.69, 9.17) is 34.8 Å². The van der Waals surface area contributed by atoms with Gasteiger partial charge in [0.15, 0.2) is 0 Å². The first-order chi connectivity index (χ1) is 18.4. The molecule has 0 aromatic heterocycles. The van der Waals surface area contributed by atoms with Gasteiger partial charge in [0.1, 0.15) is 12.6 Å². The summed E-state index contributed by atoms with van der Waals surface area (Å²) in [5.41, 5.74) is 1.87. The summed E-state index contributed by atoms with van der Waals surface area (Å²) in [5, 5.41) is 3.84. The molecule has 3 aromatic rings. The van der Waals surface area contributed by atoms with E-state index in [0.717, 1.165) is 16.3 Å². The third-order valence-corrected chi connectivity index (χ3v) is 8.84. The minimum atomic E-state index is -4.17. The van der Waals surface area contributed by atoms with Crippen molar-refractivity contribution < 1.29 is 18.0 Å². The number of carbonyl (C=O) groups is 2. The van der Waals surface area contributed by atoms with Gasteiger partial charge in [-0.25, -0.2) is 8.42 Å². The molecule has 0 saturated heterocycles. The van der Waals surface area contributed by atoms with Crippen molar-refractivity contribution in [3.63, 3.8) is 0 Å². The van der Waals surface area contributed by atoms with E-state index in [2.05, 4.69) is 5.32 Å². The molecule has 0 aliphatic carbocycles. The number of aryl methyl sites for hydroxylation is 1. The highest BCUT2D eigenvalue weighted by Crippen LogP contribution is 2.27. The van der Waals surface area contributed by atoms with E-state index in [-0.39, 0.29) is 17.3 Å². The average molecular weight is 611 g/mol. The van der Waals surface area contributed by atoms with Crippen LogP contribution in [0.1, 0.15) is 31.4 Å². The van der Waals surface area contributed by atoms with Crippen molar-refractivity contribution >= 4 is 62.3 Å². The van der Waals surface area contributed by atoms with Crippen LogP contribution in [0.5, 0.6) is 0 Å². The number of nitrogens with zero attached hydrogens (tertiary/aromatic N) is 2. The third kappa shape index (κ3) is 7.88. The average Bonchev–Trinajstić information content (AvgIpc) is 2.91. The van der Waals surface area contributed by atoms with E-state index in [9.17, 15) is 18.0 Å². The van der Waals surface area contributed by atoms with E-state index in [0.29, 0.717) is 32.9 Å². The van der Waals surface area contributed by atoms with Gasteiger partial charge in [0, 0.05) is 18.1 Å². The van der Waals surface area contributed by atoms with Crippen molar-refractivity contribution in [1.29, 1.82) is 0 Å². The second-order valence-electron chi connectivity index (χ2n) is 9.04. The van der Waals surface area contributed by atoms with Crippen LogP contribution in [0.2, 0.25) is 15.1 Å². The molecule has 0 spiro atoms. The number of benzene rings is 3. The molecule has 0 heterocycles. The Hall–Kier alpha value is -2.78. The highest BCUT2D eigenvalue weighted by atomic mass is 35.5. The van der Waals surface area contributed by atoms with E-state index in [1.165, 1.54) is 29.2 Å². The molecule has 3 rings (SSSR count). The summed E-state index contributed by atoms with van der Waals surface area (Å²) in [7, 11) is -4.17. The summed E-state index contributed by atoms with van der Waals surface area (Å²) in [6.07, 6.45) is 0.722. The van der Waals surface area contributed by atoms with Crippen LogP contribution in [0.4, 0.5) is 5.69 Å². The Labute approximate surface area is 244 Å². The molecule has 0 aliphatic heterocycles. The van der Waals surface area contributed by atoms with E-state index in [1.54, 1.807) is 49.4 Å². The molecule has 1 N–H and O–H groups in total. The van der Waals surface area contributed by atoms with Gasteiger partial charge in [-0.1, -0.05) is 65.5 Å². The van der Waals surface area contributed by atoms with Crippen LogP contribution in [0.25, 0.3) is 0 Å². The second kappa shape index (κ2) is 13.5. The number of hydrogen-bond donors (Lipinski definition) is 1. The molecule has 0 aliphatic rings. The molecule has 1 unspecified atom stereocenters. The lowest BCUT2D eigenvalue weighted by Gasteiger charge is -2.32. The van der Waals surface area contributed by atoms with Crippen LogP contribution in [0.3, 0.4) is 0 Å². The van der Waals surface area contributed by atoms with Crippen LogP contribution < -0.4 is 9.62 Å². The Morgan fingerprint density at radius 2 is 1.56 bits per heavy atom. The quantitative estimate of drug-likeness (QED) is 0.285. The Bertz CT molecular complexity index is 1410. The fourth-order valence-electron chi connectivity index (χ4n) is 3.79. The smallest absolute Gasteiger partial charge is 0.264 e. The van der Waals surface area contributed by atoms with Crippen molar-refractivity contribution in [3.05, 3.63) is 92.9 Å². The molecule has 208 valence electrons. The van der Waals surface area contributed by atoms with Gasteiger partial charge < -0.3 is 10.2 Å². The molecule has 1 atom stereocenters. The van der Waals surface area contributed by atoms with Crippen molar-refractivity contribution in [1.82, 2.24) is 10.2 Å². The molecule has 0 bridgehead atoms. The summed E-state index contributed by atoms with van der Waals surface area (Å²) in [6, 6.07) is 16.5. The van der Waals surface area contributed by atoms with Gasteiger partial charge in [0.2, 0.25) is 11.8 Å². The Morgan fingerprint density at radius 1 is 0.923 bits per heavy atom. The van der Waals surface area contributed by atoms with Gasteiger partial charge in [0.05, 0.1) is 20.6 Å². The first-order valence-electron chi connectivity index (χ1n) is 12.3. The summed E-state index contributed by atoms with van der Waals surface area (Å²) in [4.78, 5) is 28.1. The number of hydrogen-bond acceptors (Lipinski definition) is 4. The number of carbonyl (C=O) groups excluding carboxylic acids is 2. The fourth-order valence-corrected chi connectivity index (χ4v) is 5.65. The fraction of sp³-hybridized carbons (Fsp3) is 0.286. The van der Waals surface area contributed by atoms with E-state index >= 15 is 0 Å². The lowest BCUT2D eigenvalue weighted by atomic mass is 10.1. The summed E-state index contributed by atoms with van der Waals surface area (Å²) < 4.78 is 28.6. The molecule has 0 radical (unpaired) electrons. The van der Waals surface area contributed by atoms with Gasteiger partial charge in [-0.2, -0.15) is 0 Å². The van der Waals surface area contributed by atoms with Gasteiger partial charge >= 0.3 is 0 Å². The molecule has 39 heavy (non-hydrogen) atoms. The molecule has 3 aromatic carbocycles. The summed E-state index contributed by atoms with van der Waals surface area (Å²) in [5.74, 6) is -0.925. The number of anilines is 1. The zero-order chi connectivity index (χ0) is 28.7. The van der Waals surface area contributed by atoms with Gasteiger partial charge in [-0.15, -0.1) is 0 Å². The zero-order valence-electron chi connectivity index (χ0n) is 21.8. The van der Waals surface area contributed by atoms with Crippen LogP contribution >= 0.6 is 34.8 Å². The van der Waals surface area contributed by atoms with Crippen molar-refractivity contribution in [2.24, 2.45) is 0 Å². The molecular weight excluding hydrogens is 581 g/mol. The monoisotopic (exact) mass is 609 g/mol. The molecule has 2 amide bonds. The molecule has 0 saturated carbocycles. The second-order valence-corrected chi connectivity index (χ2v) is 12.2. The summed E-state index contributed by atoms with van der Waals surface area (Å²) in [6.45, 7) is 5.32. The normalized spacial score (nSPS) is 12.1. The van der Waals surface area contributed by atoms with Gasteiger partial charge in [0.25, 0.3) is 10.0 Å². The largest absolute Gasteiger partial charge is 0.354 e. The first kappa shape index (κ1) is 30.8. The van der Waals surface area contributed by atoms with E-state index in [1.807, 2.05) is 13.8 Å². The van der Waals surface area contributed by atoms with Crippen LogP contribution in [0, 0.1) is 6.92 Å². The minimum absolute atomic E-state index is 0.0131. The third-order valence-electron chi connectivity index (χ3n) is 6.06. The minimum Gasteiger partial charge on any atom is -0.354 e. The van der Waals surface area contributed by atoms with Crippen LogP contribution in [0.15, 0.2) is 71.6 Å². The van der Waals surface area contributed by atoms with Crippen LogP contribution in [-0.4, -0.2) is 44.3 Å². The highest BCUT2D eigenvalue weighted by Gasteiger charge is 2.32. The predicted molar refractivity (Wildman–Crippen MR) is 157 cm³/mol. The number of sulfonamides is 1. The maximum Gasteiger partial charge on any atom is 0.264 e. The molecular formula is C28H30Cl3N3O4S. The molecule has 0 fully saturated rings. The van der Waals surface area contributed by atoms with E-state index < -0.39 is 28.5 Å². The maximum atomic E-state index is 13.9. The number of halogens is 3. The van der Waals surface area contributed by atoms with Crippen molar-refractivity contribution in [2.75, 3.05) is 17.4 Å². The Kier molecular flexibility index (Phi) is 10.7. The summed E-state index contributed by atoms with van der Waals surface area (Å²) >= 11 is 18.2. The van der Waals surface area contributed by atoms with Crippen LogP contribution in [-0.2, 0) is 26.2 Å². The standard InChI is InChI=1S/C28H30Cl3N3O4S/c1-4-15-32-28(36)20(3)33(17-21-7-14-25(30)26(31)16-21)27(35)18-34(23-10-5-19(2)6-11-23)39(37,38)24-12-8-22(29)9-13-24/h5-14,16,20H,4,15,17-18H2,1-3H3,(H,32,36). The van der Waals surface area contributed by atoms with Gasteiger partial charge in [-0.3, -0.25) is 13.9 Å². The van der Waals surface area contributed by atoms with Crippen molar-refractivity contribution in [2.45, 2.75) is 44.7 Å². The van der Waals surface area contributed by atoms with Crippen molar-refractivity contribution in [3.8, 4) is 0 Å². The Morgan fingerprint density at radius 3 is 2.15 bits per heavy atom. The molecule has 11 heteroatoms.